The van der Waals surface area contributed by atoms with E-state index in [0.717, 1.165) is 17.0 Å². The zero-order chi connectivity index (χ0) is 25.8. The summed E-state index contributed by atoms with van der Waals surface area (Å²) in [5.74, 6) is -0.750. The molecule has 0 unspecified atom stereocenters. The molecule has 35 heavy (non-hydrogen) atoms. The third-order valence-corrected chi connectivity index (χ3v) is 5.52. The van der Waals surface area contributed by atoms with Gasteiger partial charge < -0.3 is 14.4 Å². The van der Waals surface area contributed by atoms with E-state index in [1.807, 2.05) is 6.07 Å². The van der Waals surface area contributed by atoms with Crippen molar-refractivity contribution in [2.75, 3.05) is 18.1 Å². The van der Waals surface area contributed by atoms with Crippen LogP contribution in [0.5, 0.6) is 0 Å². The summed E-state index contributed by atoms with van der Waals surface area (Å²) >= 11 is 0. The third kappa shape index (κ3) is 5.19. The monoisotopic (exact) mass is 485 g/mol. The number of allylic oxidation sites excluding steroid dienone is 1. The lowest BCUT2D eigenvalue weighted by molar-refractivity contribution is -0.139. The average molecular weight is 485 g/mol. The van der Waals surface area contributed by atoms with Crippen molar-refractivity contribution in [3.63, 3.8) is 0 Å². The predicted molar refractivity (Wildman–Crippen MR) is 120 cm³/mol. The highest BCUT2D eigenvalue weighted by atomic mass is 19.4. The molecule has 1 aliphatic rings. The van der Waals surface area contributed by atoms with Crippen LogP contribution in [0.4, 0.5) is 23.7 Å². The van der Waals surface area contributed by atoms with Gasteiger partial charge in [0.15, 0.2) is 0 Å². The van der Waals surface area contributed by atoms with Gasteiger partial charge in [0.1, 0.15) is 6.29 Å². The molecule has 7 nitrogen and oxygen atoms in total. The van der Waals surface area contributed by atoms with Crippen molar-refractivity contribution >= 4 is 24.0 Å². The number of alkyl halides is 3. The molecule has 182 valence electrons. The van der Waals surface area contributed by atoms with Crippen molar-refractivity contribution in [1.82, 2.24) is 4.90 Å². The number of halogens is 3. The molecule has 0 fully saturated rings. The molecule has 1 heterocycles. The van der Waals surface area contributed by atoms with E-state index in [1.165, 1.54) is 36.1 Å². The fourth-order valence-electron chi connectivity index (χ4n) is 3.95. The molecule has 1 aliphatic heterocycles. The summed E-state index contributed by atoms with van der Waals surface area (Å²) in [6.07, 6.45) is -4.10. The van der Waals surface area contributed by atoms with E-state index in [9.17, 15) is 27.6 Å². The fraction of sp³-hybridized carbons (Fsp3) is 0.280. The van der Waals surface area contributed by atoms with Gasteiger partial charge in [0, 0.05) is 18.7 Å². The topological polar surface area (TPSA) is 90.7 Å². The number of carbonyl (C=O) groups is 3. The Morgan fingerprint density at radius 3 is 2.46 bits per heavy atom. The summed E-state index contributed by atoms with van der Waals surface area (Å²) in [6.45, 7) is 2.99. The minimum Gasteiger partial charge on any atom is -0.463 e. The van der Waals surface area contributed by atoms with E-state index >= 15 is 0 Å². The second-order valence-electron chi connectivity index (χ2n) is 7.67. The molecule has 0 N–H and O–H groups in total. The van der Waals surface area contributed by atoms with Gasteiger partial charge >= 0.3 is 18.2 Å². The molecule has 0 saturated heterocycles. The van der Waals surface area contributed by atoms with Crippen LogP contribution >= 0.6 is 0 Å². The fourth-order valence-corrected chi connectivity index (χ4v) is 3.95. The van der Waals surface area contributed by atoms with Crippen molar-refractivity contribution in [2.24, 2.45) is 0 Å². The summed E-state index contributed by atoms with van der Waals surface area (Å²) in [6, 6.07) is 10.7. The van der Waals surface area contributed by atoms with Crippen molar-refractivity contribution in [3.8, 4) is 6.07 Å². The Morgan fingerprint density at radius 2 is 1.89 bits per heavy atom. The number of aldehydes is 1. The van der Waals surface area contributed by atoms with Crippen LogP contribution in [0.25, 0.3) is 0 Å². The Hall–Kier alpha value is -4.13. The second-order valence-corrected chi connectivity index (χ2v) is 7.67. The number of rotatable bonds is 7. The van der Waals surface area contributed by atoms with Gasteiger partial charge in [-0.15, -0.1) is 0 Å². The molecule has 10 heteroatoms. The maximum absolute atomic E-state index is 13.7. The zero-order valence-electron chi connectivity index (χ0n) is 19.0. The molecule has 3 rings (SSSR count). The highest BCUT2D eigenvalue weighted by molar-refractivity contribution is 6.03. The lowest BCUT2D eigenvalue weighted by Crippen LogP contribution is -2.51. The molecule has 1 atom stereocenters. The van der Waals surface area contributed by atoms with E-state index in [2.05, 4.69) is 0 Å². The number of urea groups is 1. The standard InChI is InChI=1S/C25H22F3N3O4/c1-3-35-23(33)21-16(2)31(20-7-4-6-19(14-20)25(26,27)28)24(34)30(12-5-13-32)22(21)18-10-8-17(15-29)9-11-18/h4,6-11,13-14,22H,3,5,12H2,1-2H3/t22-/m1/s1. The summed E-state index contributed by atoms with van der Waals surface area (Å²) in [4.78, 5) is 40.2. The van der Waals surface area contributed by atoms with Gasteiger partial charge in [-0.25, -0.2) is 9.59 Å². The summed E-state index contributed by atoms with van der Waals surface area (Å²) < 4.78 is 45.3. The second kappa shape index (κ2) is 10.4. The Labute approximate surface area is 200 Å². The molecule has 0 saturated carbocycles. The van der Waals surface area contributed by atoms with Crippen LogP contribution in [-0.4, -0.2) is 36.3 Å². The summed E-state index contributed by atoms with van der Waals surface area (Å²) in [5.41, 5.74) is -0.0574. The lowest BCUT2D eigenvalue weighted by Gasteiger charge is -2.42. The first-order valence-electron chi connectivity index (χ1n) is 10.7. The Kier molecular flexibility index (Phi) is 7.59. The number of nitrogens with zero attached hydrogens (tertiary/aromatic N) is 3. The van der Waals surface area contributed by atoms with Gasteiger partial charge in [-0.2, -0.15) is 18.4 Å². The molecular formula is C25H22F3N3O4. The van der Waals surface area contributed by atoms with E-state index in [1.54, 1.807) is 19.1 Å². The first-order valence-corrected chi connectivity index (χ1v) is 10.7. The number of ether oxygens (including phenoxy) is 1. The van der Waals surface area contributed by atoms with Crippen molar-refractivity contribution < 1.29 is 32.3 Å². The SMILES string of the molecule is CCOC(=O)C1=C(C)N(c2cccc(C(F)(F)F)c2)C(=O)N(CCC=O)[C@@H]1c1ccc(C#N)cc1. The minimum atomic E-state index is -4.64. The van der Waals surface area contributed by atoms with Crippen LogP contribution in [0.15, 0.2) is 59.8 Å². The number of hydrogen-bond acceptors (Lipinski definition) is 5. The smallest absolute Gasteiger partial charge is 0.416 e. The van der Waals surface area contributed by atoms with Gasteiger partial charge in [-0.3, -0.25) is 4.90 Å². The molecule has 2 aromatic rings. The van der Waals surface area contributed by atoms with Crippen LogP contribution in [0, 0.1) is 11.3 Å². The van der Waals surface area contributed by atoms with Crippen molar-refractivity contribution in [1.29, 1.82) is 5.26 Å². The van der Waals surface area contributed by atoms with Gasteiger partial charge in [0.2, 0.25) is 0 Å². The first-order chi connectivity index (χ1) is 16.6. The first kappa shape index (κ1) is 25.5. The largest absolute Gasteiger partial charge is 0.463 e. The molecule has 0 radical (unpaired) electrons. The summed E-state index contributed by atoms with van der Waals surface area (Å²) in [7, 11) is 0. The van der Waals surface area contributed by atoms with Crippen LogP contribution in [0.3, 0.4) is 0 Å². The molecule has 0 spiro atoms. The van der Waals surface area contributed by atoms with Gasteiger partial charge in [-0.05, 0) is 49.7 Å². The quantitative estimate of drug-likeness (QED) is 0.407. The Bertz CT molecular complexity index is 1200. The third-order valence-electron chi connectivity index (χ3n) is 5.52. The molecule has 0 bridgehead atoms. The van der Waals surface area contributed by atoms with Gasteiger partial charge in [0.05, 0.1) is 41.1 Å². The summed E-state index contributed by atoms with van der Waals surface area (Å²) in [5, 5.41) is 9.12. The number of esters is 1. The zero-order valence-corrected chi connectivity index (χ0v) is 19.0. The van der Waals surface area contributed by atoms with Crippen LogP contribution < -0.4 is 4.90 Å². The number of carbonyl (C=O) groups excluding carboxylic acids is 3. The number of benzene rings is 2. The number of hydrogen-bond donors (Lipinski definition) is 0. The maximum Gasteiger partial charge on any atom is 0.416 e. The van der Waals surface area contributed by atoms with E-state index in [4.69, 9.17) is 10.00 Å². The number of anilines is 1. The highest BCUT2D eigenvalue weighted by Crippen LogP contribution is 2.41. The minimum absolute atomic E-state index is 0.0293. The Balaban J connectivity index is 2.26. The molecular weight excluding hydrogens is 463 g/mol. The number of amides is 2. The van der Waals surface area contributed by atoms with Crippen LogP contribution in [-0.2, 0) is 20.5 Å². The van der Waals surface area contributed by atoms with Crippen LogP contribution in [0.2, 0.25) is 0 Å². The molecule has 2 aromatic carbocycles. The lowest BCUT2D eigenvalue weighted by atomic mass is 9.92. The molecule has 2 amide bonds. The predicted octanol–water partition coefficient (Wildman–Crippen LogP) is 4.99. The van der Waals surface area contributed by atoms with E-state index in [0.29, 0.717) is 17.4 Å². The average Bonchev–Trinajstić information content (AvgIpc) is 2.83. The normalized spacial score (nSPS) is 16.2. The Morgan fingerprint density at radius 1 is 1.20 bits per heavy atom. The molecule has 0 aromatic heterocycles. The van der Waals surface area contributed by atoms with Gasteiger partial charge in [-0.1, -0.05) is 18.2 Å². The van der Waals surface area contributed by atoms with E-state index < -0.39 is 29.8 Å². The number of nitriles is 1. The molecule has 0 aliphatic carbocycles. The van der Waals surface area contributed by atoms with E-state index in [-0.39, 0.29) is 36.5 Å². The highest BCUT2D eigenvalue weighted by Gasteiger charge is 2.43. The van der Waals surface area contributed by atoms with Crippen molar-refractivity contribution in [2.45, 2.75) is 32.5 Å². The van der Waals surface area contributed by atoms with Crippen LogP contribution in [0.1, 0.15) is 43.0 Å². The van der Waals surface area contributed by atoms with Gasteiger partial charge in [0.25, 0.3) is 0 Å². The van der Waals surface area contributed by atoms with Crippen molar-refractivity contribution in [3.05, 3.63) is 76.5 Å². The maximum atomic E-state index is 13.7.